The Balaban J connectivity index is 1.35. The van der Waals surface area contributed by atoms with Crippen molar-refractivity contribution in [2.24, 2.45) is 17.8 Å². The lowest BCUT2D eigenvalue weighted by Crippen LogP contribution is -2.47. The summed E-state index contributed by atoms with van der Waals surface area (Å²) in [5.74, 6) is -2.96. The summed E-state index contributed by atoms with van der Waals surface area (Å²) in [6.07, 6.45) is 4.26. The maximum Gasteiger partial charge on any atom is 0.501 e. The molecule has 10 nitrogen and oxygen atoms in total. The smallest absolute Gasteiger partial charge is 0.496 e. The summed E-state index contributed by atoms with van der Waals surface area (Å²) in [4.78, 5) is 37.2. The number of sulfone groups is 1. The first kappa shape index (κ1) is 30.6. The van der Waals surface area contributed by atoms with Gasteiger partial charge in [-0.3, -0.25) is 9.59 Å². The number of carbonyl (C=O) groups excluding carboxylic acids is 2. The van der Waals surface area contributed by atoms with E-state index >= 15 is 0 Å². The van der Waals surface area contributed by atoms with Gasteiger partial charge in [0, 0.05) is 11.7 Å². The average Bonchev–Trinajstić information content (AvgIpc) is 3.59. The number of carboxylic acids is 1. The molecule has 230 valence electrons. The van der Waals surface area contributed by atoms with Gasteiger partial charge in [0.25, 0.3) is 15.7 Å². The van der Waals surface area contributed by atoms with Crippen molar-refractivity contribution in [2.45, 2.75) is 22.9 Å². The maximum atomic E-state index is 13.5. The number of benzene rings is 3. The summed E-state index contributed by atoms with van der Waals surface area (Å²) in [6.45, 7) is 0. The number of allylic oxidation sites excluding steroid dienone is 1. The van der Waals surface area contributed by atoms with Crippen LogP contribution in [0, 0.1) is 17.8 Å². The number of aromatic carboxylic acids is 1. The molecule has 0 saturated heterocycles. The normalized spacial score (nSPS) is 20.6. The molecule has 5 rings (SSSR count). The molecule has 3 N–H and O–H groups in total. The van der Waals surface area contributed by atoms with E-state index < -0.39 is 50.0 Å². The zero-order valence-electron chi connectivity index (χ0n) is 22.9. The summed E-state index contributed by atoms with van der Waals surface area (Å²) in [5.41, 5.74) is -5.56. The molecule has 0 spiro atoms. The first-order valence-electron chi connectivity index (χ1n) is 13.2. The lowest BCUT2D eigenvalue weighted by atomic mass is 9.87. The highest BCUT2D eigenvalue weighted by Crippen LogP contribution is 2.44. The number of amides is 2. The second kappa shape index (κ2) is 11.7. The molecule has 2 amide bonds. The fourth-order valence-corrected chi connectivity index (χ4v) is 6.27. The molecule has 0 radical (unpaired) electrons. The van der Waals surface area contributed by atoms with Gasteiger partial charge >= 0.3 is 11.5 Å². The number of hydrogen-bond acceptors (Lipinski definition) is 7. The number of rotatable bonds is 9. The largest absolute Gasteiger partial charge is 0.501 e. The third-order valence-electron chi connectivity index (χ3n) is 7.51. The number of halogens is 3. The zero-order chi connectivity index (χ0) is 31.8. The van der Waals surface area contributed by atoms with Crippen molar-refractivity contribution in [2.75, 3.05) is 12.4 Å². The lowest BCUT2D eigenvalue weighted by Gasteiger charge is -2.28. The highest BCUT2D eigenvalue weighted by atomic mass is 32.2. The van der Waals surface area contributed by atoms with E-state index in [0.29, 0.717) is 6.42 Å². The first-order valence-corrected chi connectivity index (χ1v) is 14.7. The Bertz CT molecular complexity index is 1770. The van der Waals surface area contributed by atoms with E-state index in [0.717, 1.165) is 18.2 Å². The van der Waals surface area contributed by atoms with Crippen LogP contribution in [0.3, 0.4) is 0 Å². The fraction of sp³-hybridized carbons (Fsp3) is 0.233. The van der Waals surface area contributed by atoms with E-state index in [1.807, 2.05) is 12.2 Å². The van der Waals surface area contributed by atoms with Crippen molar-refractivity contribution in [3.63, 3.8) is 0 Å². The second-order valence-corrected chi connectivity index (χ2v) is 12.2. The molecule has 0 aliphatic heterocycles. The Morgan fingerprint density at radius 2 is 1.64 bits per heavy atom. The quantitative estimate of drug-likeness (QED) is 0.279. The van der Waals surface area contributed by atoms with Gasteiger partial charge in [-0.25, -0.2) is 13.2 Å². The van der Waals surface area contributed by atoms with Gasteiger partial charge < -0.3 is 25.2 Å². The maximum absolute atomic E-state index is 13.5. The molecule has 1 fully saturated rings. The van der Waals surface area contributed by atoms with Gasteiger partial charge in [-0.15, -0.1) is 0 Å². The van der Waals surface area contributed by atoms with Crippen LogP contribution in [0.1, 0.15) is 27.1 Å². The highest BCUT2D eigenvalue weighted by molar-refractivity contribution is 7.92. The molecule has 1 saturated carbocycles. The Labute approximate surface area is 249 Å². The number of anilines is 1. The summed E-state index contributed by atoms with van der Waals surface area (Å²) in [7, 11) is -4.26. The minimum Gasteiger partial charge on any atom is -0.496 e. The minimum atomic E-state index is -5.62. The molecule has 0 heterocycles. The molecule has 4 atom stereocenters. The van der Waals surface area contributed by atoms with E-state index in [9.17, 15) is 41.1 Å². The summed E-state index contributed by atoms with van der Waals surface area (Å²) >= 11 is 0. The number of fused-ring (bicyclic) bond motifs is 2. The Kier molecular flexibility index (Phi) is 8.12. The van der Waals surface area contributed by atoms with Gasteiger partial charge in [-0.1, -0.05) is 24.3 Å². The van der Waals surface area contributed by atoms with Crippen LogP contribution in [0.4, 0.5) is 18.9 Å². The Morgan fingerprint density at radius 3 is 2.34 bits per heavy atom. The van der Waals surface area contributed by atoms with E-state index in [1.54, 1.807) is 6.07 Å². The third-order valence-corrected chi connectivity index (χ3v) is 8.99. The van der Waals surface area contributed by atoms with Crippen molar-refractivity contribution in [1.29, 1.82) is 0 Å². The zero-order valence-corrected chi connectivity index (χ0v) is 23.7. The summed E-state index contributed by atoms with van der Waals surface area (Å²) in [5, 5.41) is 14.6. The van der Waals surface area contributed by atoms with Crippen LogP contribution in [0.5, 0.6) is 17.2 Å². The number of alkyl halides is 3. The number of carbonyl (C=O) groups is 3. The SMILES string of the molecule is COc1ccc(Oc2cccc(C(=O)O)c2)cc1C(=O)NC1C2C=CC(C2)C1C(=O)Nc1cccc(S(=O)(=O)C(F)(F)F)c1. The first-order chi connectivity index (χ1) is 20.8. The lowest BCUT2D eigenvalue weighted by molar-refractivity contribution is -0.121. The Hall–Kier alpha value is -4.85. The van der Waals surface area contributed by atoms with E-state index in [1.165, 1.54) is 49.6 Å². The molecule has 3 aromatic carbocycles. The topological polar surface area (TPSA) is 148 Å². The number of hydrogen-bond donors (Lipinski definition) is 3. The van der Waals surface area contributed by atoms with Crippen LogP contribution in [-0.4, -0.2) is 50.0 Å². The molecule has 2 aliphatic rings. The number of nitrogens with one attached hydrogen (secondary N) is 2. The van der Waals surface area contributed by atoms with Crippen LogP contribution in [0.15, 0.2) is 83.8 Å². The molecule has 0 aromatic heterocycles. The summed E-state index contributed by atoms with van der Waals surface area (Å²) < 4.78 is 73.9. The number of ether oxygens (including phenoxy) is 2. The van der Waals surface area contributed by atoms with Crippen molar-refractivity contribution in [3.05, 3.63) is 90.0 Å². The minimum absolute atomic E-state index is 0.0105. The van der Waals surface area contributed by atoms with Crippen molar-refractivity contribution < 1.29 is 50.6 Å². The van der Waals surface area contributed by atoms with Crippen LogP contribution in [0.25, 0.3) is 0 Å². The number of carboxylic acid groups (broad SMARTS) is 1. The van der Waals surface area contributed by atoms with E-state index in [4.69, 9.17) is 9.47 Å². The Morgan fingerprint density at radius 1 is 0.932 bits per heavy atom. The van der Waals surface area contributed by atoms with Crippen molar-refractivity contribution >= 4 is 33.3 Å². The third kappa shape index (κ3) is 5.97. The van der Waals surface area contributed by atoms with Crippen molar-refractivity contribution in [1.82, 2.24) is 5.32 Å². The van der Waals surface area contributed by atoms with Gasteiger partial charge in [0.2, 0.25) is 5.91 Å². The molecule has 14 heteroatoms. The molecule has 44 heavy (non-hydrogen) atoms. The van der Waals surface area contributed by atoms with E-state index in [-0.39, 0.29) is 45.9 Å². The predicted octanol–water partition coefficient (Wildman–Crippen LogP) is 5.04. The van der Waals surface area contributed by atoms with Gasteiger partial charge in [0.05, 0.1) is 29.1 Å². The van der Waals surface area contributed by atoms with E-state index in [2.05, 4.69) is 10.6 Å². The summed E-state index contributed by atoms with van der Waals surface area (Å²) in [6, 6.07) is 13.4. The fourth-order valence-electron chi connectivity index (χ4n) is 5.46. The predicted molar refractivity (Wildman–Crippen MR) is 150 cm³/mol. The molecular formula is C30H25F3N2O8S. The molecule has 2 aliphatic carbocycles. The average molecular weight is 631 g/mol. The van der Waals surface area contributed by atoms with Crippen LogP contribution >= 0.6 is 0 Å². The highest BCUT2D eigenvalue weighted by Gasteiger charge is 2.49. The van der Waals surface area contributed by atoms with Crippen LogP contribution in [-0.2, 0) is 14.6 Å². The molecule has 3 aromatic rings. The van der Waals surface area contributed by atoms with Crippen LogP contribution < -0.4 is 20.1 Å². The van der Waals surface area contributed by atoms with Gasteiger partial charge in [-0.05, 0) is 72.9 Å². The van der Waals surface area contributed by atoms with Gasteiger partial charge in [0.1, 0.15) is 17.2 Å². The monoisotopic (exact) mass is 630 g/mol. The van der Waals surface area contributed by atoms with Gasteiger partial charge in [-0.2, -0.15) is 13.2 Å². The van der Waals surface area contributed by atoms with Crippen LogP contribution in [0.2, 0.25) is 0 Å². The van der Waals surface area contributed by atoms with Gasteiger partial charge in [0.15, 0.2) is 0 Å². The second-order valence-electron chi connectivity index (χ2n) is 10.2. The molecular weight excluding hydrogens is 605 g/mol. The number of methoxy groups -OCH3 is 1. The molecule has 4 unspecified atom stereocenters. The van der Waals surface area contributed by atoms with Crippen molar-refractivity contribution in [3.8, 4) is 17.2 Å². The molecule has 2 bridgehead atoms. The standard InChI is InChI=1S/C30H25F3N2O8S/c1-42-24-11-10-21(43-20-6-2-4-18(13-20)29(38)39)15-23(24)27(36)35-26-17-9-8-16(12-17)25(26)28(37)34-19-5-3-7-22(14-19)44(40,41)30(31,32)33/h2-11,13-17,25-26H,12H2,1H3,(H,34,37)(H,35,36)(H,38,39).